The van der Waals surface area contributed by atoms with Crippen LogP contribution < -0.4 is 10.6 Å². The number of carbonyl (C=O) groups excluding carboxylic acids is 1. The summed E-state index contributed by atoms with van der Waals surface area (Å²) in [6, 6.07) is 8.38. The highest BCUT2D eigenvalue weighted by Crippen LogP contribution is 2.36. The predicted octanol–water partition coefficient (Wildman–Crippen LogP) is 1.32. The first kappa shape index (κ1) is 15.0. The number of nitrogens with one attached hydrogen (secondary N) is 2. The fraction of sp³-hybridized carbons (Fsp3) is 0.562. The van der Waals surface area contributed by atoms with Crippen molar-refractivity contribution in [3.05, 3.63) is 35.4 Å². The van der Waals surface area contributed by atoms with Crippen molar-refractivity contribution < 1.29 is 9.90 Å². The van der Waals surface area contributed by atoms with Crippen LogP contribution in [0.5, 0.6) is 0 Å². The molecule has 1 aliphatic carbocycles. The first-order valence-electron chi connectivity index (χ1n) is 7.31. The minimum Gasteiger partial charge on any atom is -0.394 e. The lowest BCUT2D eigenvalue weighted by Gasteiger charge is -2.29. The molecule has 1 unspecified atom stereocenters. The quantitative estimate of drug-likeness (QED) is 0.734. The van der Waals surface area contributed by atoms with Crippen molar-refractivity contribution in [3.63, 3.8) is 0 Å². The smallest absolute Gasteiger partial charge is 0.221 e. The van der Waals surface area contributed by atoms with Crippen LogP contribution in [0.1, 0.15) is 37.8 Å². The molecule has 3 N–H and O–H groups in total. The van der Waals surface area contributed by atoms with Gasteiger partial charge in [-0.3, -0.25) is 4.79 Å². The maximum Gasteiger partial charge on any atom is 0.221 e. The fourth-order valence-electron chi connectivity index (χ4n) is 2.90. The van der Waals surface area contributed by atoms with E-state index in [1.807, 2.05) is 26.0 Å². The molecule has 1 aromatic rings. The third kappa shape index (κ3) is 3.19. The molecule has 4 heteroatoms. The number of aliphatic hydroxyl groups excluding tert-OH is 1. The molecule has 0 bridgehead atoms. The molecule has 1 atom stereocenters. The van der Waals surface area contributed by atoms with E-state index < -0.39 is 0 Å². The van der Waals surface area contributed by atoms with Crippen LogP contribution in [0, 0.1) is 0 Å². The number of fused-ring (bicyclic) bond motifs is 1. The maximum atomic E-state index is 11.7. The van der Waals surface area contributed by atoms with E-state index in [4.69, 9.17) is 0 Å². The van der Waals surface area contributed by atoms with E-state index in [2.05, 4.69) is 22.8 Å². The Morgan fingerprint density at radius 2 is 2.15 bits per heavy atom. The van der Waals surface area contributed by atoms with Gasteiger partial charge < -0.3 is 15.7 Å². The molecule has 0 saturated heterocycles. The molecule has 2 rings (SSSR count). The summed E-state index contributed by atoms with van der Waals surface area (Å²) in [4.78, 5) is 11.7. The third-order valence-corrected chi connectivity index (χ3v) is 3.89. The fourth-order valence-corrected chi connectivity index (χ4v) is 2.90. The zero-order chi connectivity index (χ0) is 14.6. The monoisotopic (exact) mass is 276 g/mol. The molecule has 0 heterocycles. The van der Waals surface area contributed by atoms with E-state index in [0.29, 0.717) is 13.0 Å². The molecule has 0 spiro atoms. The summed E-state index contributed by atoms with van der Waals surface area (Å²) >= 11 is 0. The second kappa shape index (κ2) is 6.37. The van der Waals surface area contributed by atoms with E-state index in [0.717, 1.165) is 12.8 Å². The molecule has 0 radical (unpaired) electrons. The van der Waals surface area contributed by atoms with Crippen molar-refractivity contribution in [1.82, 2.24) is 10.6 Å². The van der Waals surface area contributed by atoms with Crippen molar-refractivity contribution in [2.75, 3.05) is 13.2 Å². The third-order valence-electron chi connectivity index (χ3n) is 3.89. The maximum absolute atomic E-state index is 11.7. The van der Waals surface area contributed by atoms with Gasteiger partial charge in [0.1, 0.15) is 0 Å². The Morgan fingerprint density at radius 1 is 1.40 bits per heavy atom. The van der Waals surface area contributed by atoms with Crippen molar-refractivity contribution in [3.8, 4) is 0 Å². The van der Waals surface area contributed by atoms with Gasteiger partial charge in [0.25, 0.3) is 0 Å². The van der Waals surface area contributed by atoms with E-state index in [1.165, 1.54) is 11.1 Å². The molecule has 1 amide bonds. The van der Waals surface area contributed by atoms with Gasteiger partial charge in [-0.05, 0) is 37.8 Å². The second-order valence-electron chi connectivity index (χ2n) is 5.80. The summed E-state index contributed by atoms with van der Waals surface area (Å²) in [6.07, 6.45) is 2.29. The Labute approximate surface area is 120 Å². The first-order chi connectivity index (χ1) is 9.57. The molecule has 1 aromatic carbocycles. The Morgan fingerprint density at radius 3 is 2.85 bits per heavy atom. The van der Waals surface area contributed by atoms with Gasteiger partial charge in [0.15, 0.2) is 0 Å². The summed E-state index contributed by atoms with van der Waals surface area (Å²) in [5.41, 5.74) is 2.08. The van der Waals surface area contributed by atoms with Crippen LogP contribution in [-0.2, 0) is 16.8 Å². The lowest BCUT2D eigenvalue weighted by Crippen LogP contribution is -2.45. The van der Waals surface area contributed by atoms with Crippen molar-refractivity contribution in [2.24, 2.45) is 0 Å². The summed E-state index contributed by atoms with van der Waals surface area (Å²) in [5.74, 6) is 0.0480. The van der Waals surface area contributed by atoms with Gasteiger partial charge in [-0.15, -0.1) is 0 Å². The van der Waals surface area contributed by atoms with Crippen LogP contribution in [-0.4, -0.2) is 30.2 Å². The molecule has 110 valence electrons. The Bertz CT molecular complexity index is 473. The lowest BCUT2D eigenvalue weighted by molar-refractivity contribution is -0.121. The van der Waals surface area contributed by atoms with Gasteiger partial charge in [0, 0.05) is 19.0 Å². The molecular weight excluding hydrogens is 252 g/mol. The molecule has 20 heavy (non-hydrogen) atoms. The molecule has 0 saturated carbocycles. The SMILES string of the molecule is CC(C)NC(=O)CCNC1(CO)CCc2ccccc21. The number of amides is 1. The molecule has 0 fully saturated rings. The predicted molar refractivity (Wildman–Crippen MR) is 79.4 cm³/mol. The van der Waals surface area contributed by atoms with Gasteiger partial charge >= 0.3 is 0 Å². The Balaban J connectivity index is 1.95. The summed E-state index contributed by atoms with van der Waals surface area (Å²) in [7, 11) is 0. The number of hydrogen-bond acceptors (Lipinski definition) is 3. The summed E-state index contributed by atoms with van der Waals surface area (Å²) in [6.45, 7) is 4.55. The summed E-state index contributed by atoms with van der Waals surface area (Å²) < 4.78 is 0. The van der Waals surface area contributed by atoms with Crippen LogP contribution in [0.4, 0.5) is 0 Å². The highest BCUT2D eigenvalue weighted by Gasteiger charge is 2.37. The van der Waals surface area contributed by atoms with E-state index in [9.17, 15) is 9.90 Å². The molecule has 0 aliphatic heterocycles. The topological polar surface area (TPSA) is 61.4 Å². The Hall–Kier alpha value is -1.39. The minimum atomic E-state index is -0.380. The van der Waals surface area contributed by atoms with Gasteiger partial charge in [-0.2, -0.15) is 0 Å². The summed E-state index contributed by atoms with van der Waals surface area (Å²) in [5, 5.41) is 16.1. The largest absolute Gasteiger partial charge is 0.394 e. The van der Waals surface area contributed by atoms with Crippen molar-refractivity contribution in [1.29, 1.82) is 0 Å². The van der Waals surface area contributed by atoms with Gasteiger partial charge in [-0.25, -0.2) is 0 Å². The first-order valence-corrected chi connectivity index (χ1v) is 7.31. The molecule has 0 aromatic heterocycles. The number of aliphatic hydroxyl groups is 1. The number of benzene rings is 1. The normalized spacial score (nSPS) is 21.0. The average molecular weight is 276 g/mol. The van der Waals surface area contributed by atoms with E-state index in [-0.39, 0.29) is 24.1 Å². The van der Waals surface area contributed by atoms with Gasteiger partial charge in [0.2, 0.25) is 5.91 Å². The number of rotatable bonds is 6. The zero-order valence-corrected chi connectivity index (χ0v) is 12.3. The highest BCUT2D eigenvalue weighted by atomic mass is 16.3. The standard InChI is InChI=1S/C16H24N2O2/c1-12(2)18-15(20)8-10-17-16(11-19)9-7-13-5-3-4-6-14(13)16/h3-6,12,17,19H,7-11H2,1-2H3,(H,18,20). The number of carbonyl (C=O) groups is 1. The molecule has 1 aliphatic rings. The van der Waals surface area contributed by atoms with E-state index >= 15 is 0 Å². The average Bonchev–Trinajstić information content (AvgIpc) is 2.78. The van der Waals surface area contributed by atoms with Gasteiger partial charge in [0.05, 0.1) is 12.1 Å². The van der Waals surface area contributed by atoms with Crippen LogP contribution >= 0.6 is 0 Å². The zero-order valence-electron chi connectivity index (χ0n) is 12.3. The lowest BCUT2D eigenvalue weighted by atomic mass is 9.92. The van der Waals surface area contributed by atoms with Crippen molar-refractivity contribution >= 4 is 5.91 Å². The van der Waals surface area contributed by atoms with Crippen LogP contribution in [0.2, 0.25) is 0 Å². The Kier molecular flexibility index (Phi) is 4.78. The van der Waals surface area contributed by atoms with Gasteiger partial charge in [-0.1, -0.05) is 24.3 Å². The molecule has 4 nitrogen and oxygen atoms in total. The number of hydrogen-bond donors (Lipinski definition) is 3. The van der Waals surface area contributed by atoms with Crippen LogP contribution in [0.25, 0.3) is 0 Å². The number of aryl methyl sites for hydroxylation is 1. The highest BCUT2D eigenvalue weighted by molar-refractivity contribution is 5.76. The van der Waals surface area contributed by atoms with Crippen LogP contribution in [0.3, 0.4) is 0 Å². The van der Waals surface area contributed by atoms with Crippen molar-refractivity contribution in [2.45, 2.75) is 44.7 Å². The van der Waals surface area contributed by atoms with E-state index in [1.54, 1.807) is 0 Å². The second-order valence-corrected chi connectivity index (χ2v) is 5.80. The van der Waals surface area contributed by atoms with Crippen LogP contribution in [0.15, 0.2) is 24.3 Å². The molecular formula is C16H24N2O2. The minimum absolute atomic E-state index is 0.0480.